The van der Waals surface area contributed by atoms with E-state index in [0.717, 1.165) is 11.0 Å². The van der Waals surface area contributed by atoms with Crippen molar-refractivity contribution in [3.05, 3.63) is 58.8 Å². The second-order valence-electron chi connectivity index (χ2n) is 4.84. The molecule has 0 amide bonds. The van der Waals surface area contributed by atoms with Gasteiger partial charge in [0.2, 0.25) is 0 Å². The molecule has 102 valence electrons. The summed E-state index contributed by atoms with van der Waals surface area (Å²) in [6.07, 6.45) is 1.82. The third-order valence-corrected chi connectivity index (χ3v) is 3.58. The number of imidazole rings is 1. The third kappa shape index (κ3) is 1.79. The van der Waals surface area contributed by atoms with Crippen LogP contribution in [0.1, 0.15) is 10.5 Å². The van der Waals surface area contributed by atoms with Gasteiger partial charge in [0.05, 0.1) is 23.3 Å². The number of ketones is 1. The summed E-state index contributed by atoms with van der Waals surface area (Å²) < 4.78 is 4.84. The molecule has 0 unspecified atom stereocenters. The summed E-state index contributed by atoms with van der Waals surface area (Å²) in [6, 6.07) is 11.1. The minimum absolute atomic E-state index is 0.0536. The summed E-state index contributed by atoms with van der Waals surface area (Å²) >= 11 is 0. The number of aryl methyl sites for hydroxylation is 2. The summed E-state index contributed by atoms with van der Waals surface area (Å²) in [6.45, 7) is 0.0536. The lowest BCUT2D eigenvalue weighted by molar-refractivity contribution is 0.0964. The molecule has 0 N–H and O–H groups in total. The van der Waals surface area contributed by atoms with E-state index in [1.165, 1.54) is 4.57 Å². The lowest BCUT2D eigenvalue weighted by Crippen LogP contribution is -2.26. The molecule has 0 saturated heterocycles. The van der Waals surface area contributed by atoms with Crippen molar-refractivity contribution in [3.63, 3.8) is 0 Å². The molecule has 0 aliphatic heterocycles. The molecular formula is C15H15N3O2. The largest absolute Gasteiger partial charge is 0.348 e. The van der Waals surface area contributed by atoms with Gasteiger partial charge in [-0.3, -0.25) is 13.9 Å². The molecule has 0 aliphatic rings. The predicted molar refractivity (Wildman–Crippen MR) is 76.9 cm³/mol. The Hall–Kier alpha value is -2.56. The number of aromatic nitrogens is 3. The van der Waals surface area contributed by atoms with E-state index in [0.29, 0.717) is 5.69 Å². The molecular weight excluding hydrogens is 254 g/mol. The van der Waals surface area contributed by atoms with Crippen molar-refractivity contribution in [1.82, 2.24) is 13.7 Å². The molecule has 0 bridgehead atoms. The standard InChI is InChI=1S/C15H15N3O2/c1-16-9-5-8-13(16)14(19)10-18-12-7-4-3-6-11(12)17(2)15(18)20/h3-9H,10H2,1-2H3. The highest BCUT2D eigenvalue weighted by Gasteiger charge is 2.15. The molecule has 2 heterocycles. The molecule has 5 heteroatoms. The normalized spacial score (nSPS) is 11.1. The van der Waals surface area contributed by atoms with E-state index in [1.807, 2.05) is 43.6 Å². The first-order valence-electron chi connectivity index (χ1n) is 6.38. The summed E-state index contributed by atoms with van der Waals surface area (Å²) in [5, 5.41) is 0. The zero-order valence-electron chi connectivity index (χ0n) is 11.4. The molecule has 1 aromatic carbocycles. The van der Waals surface area contributed by atoms with Gasteiger partial charge in [-0.15, -0.1) is 0 Å². The van der Waals surface area contributed by atoms with E-state index in [4.69, 9.17) is 0 Å². The van der Waals surface area contributed by atoms with E-state index in [9.17, 15) is 9.59 Å². The number of nitrogens with zero attached hydrogens (tertiary/aromatic N) is 3. The summed E-state index contributed by atoms with van der Waals surface area (Å²) in [5.74, 6) is -0.0732. The van der Waals surface area contributed by atoms with Crippen molar-refractivity contribution in [2.24, 2.45) is 14.1 Å². The molecule has 20 heavy (non-hydrogen) atoms. The van der Waals surface area contributed by atoms with Gasteiger partial charge in [-0.2, -0.15) is 0 Å². The van der Waals surface area contributed by atoms with Crippen LogP contribution in [-0.2, 0) is 20.6 Å². The topological polar surface area (TPSA) is 48.9 Å². The van der Waals surface area contributed by atoms with Crippen molar-refractivity contribution in [3.8, 4) is 0 Å². The van der Waals surface area contributed by atoms with Crippen LogP contribution in [0.2, 0.25) is 0 Å². The van der Waals surface area contributed by atoms with Gasteiger partial charge < -0.3 is 4.57 Å². The van der Waals surface area contributed by atoms with E-state index in [1.54, 1.807) is 22.2 Å². The van der Waals surface area contributed by atoms with Crippen LogP contribution in [-0.4, -0.2) is 19.5 Å². The van der Waals surface area contributed by atoms with Gasteiger partial charge in [0.25, 0.3) is 0 Å². The molecule has 2 aromatic heterocycles. The highest BCUT2D eigenvalue weighted by Crippen LogP contribution is 2.12. The minimum Gasteiger partial charge on any atom is -0.348 e. The Kier molecular flexibility index (Phi) is 2.82. The summed E-state index contributed by atoms with van der Waals surface area (Å²) in [5.41, 5.74) is 2.04. The Bertz CT molecular complexity index is 852. The lowest BCUT2D eigenvalue weighted by Gasteiger charge is -2.04. The highest BCUT2D eigenvalue weighted by molar-refractivity contribution is 5.95. The van der Waals surface area contributed by atoms with Crippen LogP contribution in [0.3, 0.4) is 0 Å². The van der Waals surface area contributed by atoms with Crippen molar-refractivity contribution in [1.29, 1.82) is 0 Å². The van der Waals surface area contributed by atoms with Gasteiger partial charge >= 0.3 is 5.69 Å². The molecule has 0 aliphatic carbocycles. The highest BCUT2D eigenvalue weighted by atomic mass is 16.2. The number of hydrogen-bond donors (Lipinski definition) is 0. The van der Waals surface area contributed by atoms with Gasteiger partial charge in [-0.25, -0.2) is 4.79 Å². The maximum atomic E-state index is 12.3. The van der Waals surface area contributed by atoms with Crippen LogP contribution >= 0.6 is 0 Å². The first-order valence-corrected chi connectivity index (χ1v) is 6.38. The maximum absolute atomic E-state index is 12.3. The second-order valence-corrected chi connectivity index (χ2v) is 4.84. The molecule has 0 fully saturated rings. The second kappa shape index (κ2) is 4.52. The predicted octanol–water partition coefficient (Wildman–Crippen LogP) is 1.56. The first-order chi connectivity index (χ1) is 9.59. The number of hydrogen-bond acceptors (Lipinski definition) is 2. The average molecular weight is 269 g/mol. The SMILES string of the molecule is Cn1cccc1C(=O)Cn1c(=O)n(C)c2ccccc21. The quantitative estimate of drug-likeness (QED) is 0.677. The number of Topliss-reactive ketones (excluding diaryl/α,β-unsaturated/α-hetero) is 1. The van der Waals surface area contributed by atoms with Crippen LogP contribution < -0.4 is 5.69 Å². The van der Waals surface area contributed by atoms with Crippen LogP contribution in [0.15, 0.2) is 47.4 Å². The van der Waals surface area contributed by atoms with Gasteiger partial charge in [-0.1, -0.05) is 12.1 Å². The third-order valence-electron chi connectivity index (χ3n) is 3.58. The smallest absolute Gasteiger partial charge is 0.329 e. The number of benzene rings is 1. The molecule has 0 radical (unpaired) electrons. The maximum Gasteiger partial charge on any atom is 0.329 e. The fourth-order valence-electron chi connectivity index (χ4n) is 2.49. The first kappa shape index (κ1) is 12.5. The Morgan fingerprint density at radius 2 is 1.75 bits per heavy atom. The van der Waals surface area contributed by atoms with Crippen molar-refractivity contribution in [2.45, 2.75) is 6.54 Å². The number of carbonyl (C=O) groups is 1. The van der Waals surface area contributed by atoms with Crippen LogP contribution in [0.4, 0.5) is 0 Å². The Morgan fingerprint density at radius 3 is 2.40 bits per heavy atom. The minimum atomic E-state index is -0.172. The fourth-order valence-corrected chi connectivity index (χ4v) is 2.49. The zero-order chi connectivity index (χ0) is 14.3. The average Bonchev–Trinajstić information content (AvgIpc) is 2.97. The summed E-state index contributed by atoms with van der Waals surface area (Å²) in [7, 11) is 3.53. The van der Waals surface area contributed by atoms with Crippen LogP contribution in [0, 0.1) is 0 Å². The van der Waals surface area contributed by atoms with E-state index in [2.05, 4.69) is 0 Å². The van der Waals surface area contributed by atoms with Gasteiger partial charge in [0, 0.05) is 20.3 Å². The molecule has 5 nitrogen and oxygen atoms in total. The Morgan fingerprint density at radius 1 is 1.05 bits per heavy atom. The monoisotopic (exact) mass is 269 g/mol. The zero-order valence-corrected chi connectivity index (χ0v) is 11.4. The molecule has 0 spiro atoms. The van der Waals surface area contributed by atoms with E-state index < -0.39 is 0 Å². The summed E-state index contributed by atoms with van der Waals surface area (Å²) in [4.78, 5) is 24.6. The van der Waals surface area contributed by atoms with E-state index >= 15 is 0 Å². The van der Waals surface area contributed by atoms with Gasteiger partial charge in [0.1, 0.15) is 0 Å². The number of rotatable bonds is 3. The lowest BCUT2D eigenvalue weighted by atomic mass is 10.2. The Balaban J connectivity index is 2.08. The number of fused-ring (bicyclic) bond motifs is 1. The molecule has 0 saturated carbocycles. The van der Waals surface area contributed by atoms with Gasteiger partial charge in [-0.05, 0) is 24.3 Å². The van der Waals surface area contributed by atoms with Crippen LogP contribution in [0.25, 0.3) is 11.0 Å². The molecule has 3 rings (SSSR count). The van der Waals surface area contributed by atoms with Crippen LogP contribution in [0.5, 0.6) is 0 Å². The van der Waals surface area contributed by atoms with Crippen molar-refractivity contribution < 1.29 is 4.79 Å². The molecule has 0 atom stereocenters. The fraction of sp³-hybridized carbons (Fsp3) is 0.200. The Labute approximate surface area is 115 Å². The number of para-hydroxylation sites is 2. The molecule has 3 aromatic rings. The van der Waals surface area contributed by atoms with Gasteiger partial charge in [0.15, 0.2) is 5.78 Å². The van der Waals surface area contributed by atoms with E-state index in [-0.39, 0.29) is 18.0 Å². The van der Waals surface area contributed by atoms with Crippen molar-refractivity contribution in [2.75, 3.05) is 0 Å². The number of carbonyl (C=O) groups excluding carboxylic acids is 1. The van der Waals surface area contributed by atoms with Crippen molar-refractivity contribution >= 4 is 16.8 Å².